The normalized spacial score (nSPS) is 11.9. The van der Waals surface area contributed by atoms with Crippen molar-refractivity contribution in [2.45, 2.75) is 39.8 Å². The van der Waals surface area contributed by atoms with Gasteiger partial charge in [0.1, 0.15) is 17.9 Å². The number of aryl methyl sites for hydroxylation is 2. The number of carbonyl (C=O) groups is 1. The molecule has 2 N–H and O–H groups in total. The molecule has 0 fully saturated rings. The van der Waals surface area contributed by atoms with Crippen molar-refractivity contribution < 1.29 is 13.9 Å². The first-order valence-corrected chi connectivity index (χ1v) is 9.01. The average molecular weight is 385 g/mol. The summed E-state index contributed by atoms with van der Waals surface area (Å²) in [7, 11) is 1.53. The molecule has 2 amide bonds. The molecule has 148 valence electrons. The highest BCUT2D eigenvalue weighted by Crippen LogP contribution is 2.30. The summed E-state index contributed by atoms with van der Waals surface area (Å²) in [6.45, 7) is 6.41. The molecule has 3 rings (SSSR count). The predicted molar refractivity (Wildman–Crippen MR) is 102 cm³/mol. The maximum atomic E-state index is 12.5. The summed E-state index contributed by atoms with van der Waals surface area (Å²) in [5, 5.41) is 17.8. The molecule has 0 saturated carbocycles. The molecular weight excluding hydrogens is 362 g/mol. The summed E-state index contributed by atoms with van der Waals surface area (Å²) in [6, 6.07) is 4.54. The lowest BCUT2D eigenvalue weighted by Crippen LogP contribution is -2.32. The van der Waals surface area contributed by atoms with Crippen LogP contribution in [0.1, 0.15) is 38.5 Å². The molecule has 1 unspecified atom stereocenters. The Morgan fingerprint density at radius 3 is 2.82 bits per heavy atom. The fourth-order valence-electron chi connectivity index (χ4n) is 2.72. The lowest BCUT2D eigenvalue weighted by molar-refractivity contribution is 0.248. The first-order chi connectivity index (χ1) is 13.5. The molecule has 0 radical (unpaired) electrons. The van der Waals surface area contributed by atoms with Crippen LogP contribution in [-0.4, -0.2) is 38.1 Å². The number of amides is 2. The number of aromatic nitrogens is 5. The van der Waals surface area contributed by atoms with Crippen molar-refractivity contribution in [1.82, 2.24) is 30.3 Å². The molecule has 0 aliphatic rings. The van der Waals surface area contributed by atoms with Gasteiger partial charge in [0.2, 0.25) is 11.8 Å². The highest BCUT2D eigenvalue weighted by Gasteiger charge is 2.17. The summed E-state index contributed by atoms with van der Waals surface area (Å²) in [5.74, 6) is 2.12. The molecule has 2 aromatic heterocycles. The van der Waals surface area contributed by atoms with E-state index >= 15 is 0 Å². The van der Waals surface area contributed by atoms with E-state index < -0.39 is 6.03 Å². The summed E-state index contributed by atoms with van der Waals surface area (Å²) in [6.07, 6.45) is 2.12. The molecule has 0 saturated heterocycles. The van der Waals surface area contributed by atoms with Crippen molar-refractivity contribution >= 4 is 11.7 Å². The van der Waals surface area contributed by atoms with Gasteiger partial charge in [-0.15, -0.1) is 10.2 Å². The number of ether oxygens (including phenoxy) is 1. The number of hydrogen-bond donors (Lipinski definition) is 2. The van der Waals surface area contributed by atoms with Gasteiger partial charge in [0, 0.05) is 18.5 Å². The second kappa shape index (κ2) is 8.51. The van der Waals surface area contributed by atoms with Gasteiger partial charge in [0.05, 0.1) is 18.8 Å². The Morgan fingerprint density at radius 2 is 2.14 bits per heavy atom. The number of methoxy groups -OCH3 is 1. The third-order valence-electron chi connectivity index (χ3n) is 4.14. The van der Waals surface area contributed by atoms with Crippen LogP contribution in [0.4, 0.5) is 10.5 Å². The van der Waals surface area contributed by atoms with Crippen LogP contribution in [0.15, 0.2) is 28.9 Å². The van der Waals surface area contributed by atoms with Crippen LogP contribution < -0.4 is 15.4 Å². The molecular formula is C18H23N7O3. The minimum atomic E-state index is -0.395. The van der Waals surface area contributed by atoms with E-state index in [-0.39, 0.29) is 6.04 Å². The van der Waals surface area contributed by atoms with Gasteiger partial charge in [-0.1, -0.05) is 6.92 Å². The van der Waals surface area contributed by atoms with Crippen LogP contribution in [0.25, 0.3) is 11.5 Å². The highest BCUT2D eigenvalue weighted by molar-refractivity contribution is 5.92. The topological polar surface area (TPSA) is 120 Å². The first-order valence-electron chi connectivity index (χ1n) is 9.01. The van der Waals surface area contributed by atoms with Gasteiger partial charge in [0.25, 0.3) is 0 Å². The van der Waals surface area contributed by atoms with E-state index in [1.165, 1.54) is 13.4 Å². The number of anilines is 1. The van der Waals surface area contributed by atoms with Gasteiger partial charge in [-0.25, -0.2) is 14.5 Å². The number of benzene rings is 1. The van der Waals surface area contributed by atoms with Crippen molar-refractivity contribution in [3.63, 3.8) is 0 Å². The lowest BCUT2D eigenvalue weighted by atomic mass is 10.2. The predicted octanol–water partition coefficient (Wildman–Crippen LogP) is 2.80. The lowest BCUT2D eigenvalue weighted by Gasteiger charge is -2.16. The molecule has 0 bridgehead atoms. The van der Waals surface area contributed by atoms with Gasteiger partial charge < -0.3 is 19.8 Å². The maximum absolute atomic E-state index is 12.5. The molecule has 28 heavy (non-hydrogen) atoms. The molecule has 0 aliphatic heterocycles. The zero-order chi connectivity index (χ0) is 20.1. The van der Waals surface area contributed by atoms with E-state index in [2.05, 4.69) is 30.9 Å². The van der Waals surface area contributed by atoms with Crippen LogP contribution in [-0.2, 0) is 13.0 Å². The van der Waals surface area contributed by atoms with Crippen LogP contribution >= 0.6 is 0 Å². The fourth-order valence-corrected chi connectivity index (χ4v) is 2.72. The van der Waals surface area contributed by atoms with Crippen molar-refractivity contribution in [3.05, 3.63) is 36.2 Å². The van der Waals surface area contributed by atoms with Crippen molar-refractivity contribution in [2.24, 2.45) is 0 Å². The summed E-state index contributed by atoms with van der Waals surface area (Å²) >= 11 is 0. The first kappa shape index (κ1) is 19.3. The number of urea groups is 1. The van der Waals surface area contributed by atoms with E-state index in [1.807, 2.05) is 20.8 Å². The smallest absolute Gasteiger partial charge is 0.319 e. The monoisotopic (exact) mass is 385 g/mol. The molecule has 1 atom stereocenters. The van der Waals surface area contributed by atoms with Crippen LogP contribution in [0.5, 0.6) is 5.75 Å². The largest absolute Gasteiger partial charge is 0.495 e. The minimum absolute atomic E-state index is 0.320. The van der Waals surface area contributed by atoms with E-state index in [9.17, 15) is 4.79 Å². The average Bonchev–Trinajstić information content (AvgIpc) is 3.37. The van der Waals surface area contributed by atoms with Crippen molar-refractivity contribution in [3.8, 4) is 17.2 Å². The Balaban J connectivity index is 1.76. The zero-order valence-corrected chi connectivity index (χ0v) is 16.3. The third-order valence-corrected chi connectivity index (χ3v) is 4.14. The molecule has 10 heteroatoms. The van der Waals surface area contributed by atoms with Gasteiger partial charge in [-0.3, -0.25) is 0 Å². The molecule has 3 aromatic rings. The van der Waals surface area contributed by atoms with Gasteiger partial charge in [0.15, 0.2) is 0 Å². The number of carbonyl (C=O) groups excluding carboxylic acids is 1. The highest BCUT2D eigenvalue weighted by atomic mass is 16.5. The van der Waals surface area contributed by atoms with Gasteiger partial charge in [-0.2, -0.15) is 5.10 Å². The van der Waals surface area contributed by atoms with E-state index in [1.54, 1.807) is 22.9 Å². The minimum Gasteiger partial charge on any atom is -0.495 e. The Hall–Kier alpha value is -3.43. The van der Waals surface area contributed by atoms with E-state index in [4.69, 9.17) is 9.15 Å². The standard InChI is InChI=1S/C18H23N7O3/c1-5-15-23-24-17(28-15)12-7-8-14(27-4)13(9-12)22-18(26)21-11(3)16-19-10-20-25(16)6-2/h7-11H,5-6H2,1-4H3,(H2,21,22,26). The Bertz CT molecular complexity index is 950. The van der Waals surface area contributed by atoms with E-state index in [0.717, 1.165) is 0 Å². The van der Waals surface area contributed by atoms with Gasteiger partial charge >= 0.3 is 6.03 Å². The van der Waals surface area contributed by atoms with Gasteiger partial charge in [-0.05, 0) is 32.0 Å². The molecule has 0 spiro atoms. The fraction of sp³-hybridized carbons (Fsp3) is 0.389. The third kappa shape index (κ3) is 4.11. The molecule has 0 aliphatic carbocycles. The zero-order valence-electron chi connectivity index (χ0n) is 16.3. The molecule has 10 nitrogen and oxygen atoms in total. The van der Waals surface area contributed by atoms with E-state index in [0.29, 0.717) is 47.6 Å². The Kier molecular flexibility index (Phi) is 5.87. The summed E-state index contributed by atoms with van der Waals surface area (Å²) in [5.41, 5.74) is 1.17. The second-order valence-electron chi connectivity index (χ2n) is 6.02. The summed E-state index contributed by atoms with van der Waals surface area (Å²) in [4.78, 5) is 16.7. The Labute approximate surface area is 162 Å². The molecule has 2 heterocycles. The van der Waals surface area contributed by atoms with Crippen LogP contribution in [0, 0.1) is 0 Å². The number of rotatable bonds is 7. The van der Waals surface area contributed by atoms with Crippen molar-refractivity contribution in [1.29, 1.82) is 0 Å². The number of nitrogens with one attached hydrogen (secondary N) is 2. The maximum Gasteiger partial charge on any atom is 0.319 e. The number of hydrogen-bond acceptors (Lipinski definition) is 7. The number of nitrogens with zero attached hydrogens (tertiary/aromatic N) is 5. The van der Waals surface area contributed by atoms with Crippen molar-refractivity contribution in [2.75, 3.05) is 12.4 Å². The SMILES string of the molecule is CCc1nnc(-c2ccc(OC)c(NC(=O)NC(C)c3ncnn3CC)c2)o1. The van der Waals surface area contributed by atoms with Crippen LogP contribution in [0.3, 0.4) is 0 Å². The summed E-state index contributed by atoms with van der Waals surface area (Å²) < 4.78 is 12.7. The quantitative estimate of drug-likeness (QED) is 0.641. The Morgan fingerprint density at radius 1 is 1.32 bits per heavy atom. The molecule has 1 aromatic carbocycles. The second-order valence-corrected chi connectivity index (χ2v) is 6.02. The van der Waals surface area contributed by atoms with Crippen LogP contribution in [0.2, 0.25) is 0 Å².